The first kappa shape index (κ1) is 15.8. The van der Waals surface area contributed by atoms with E-state index in [0.29, 0.717) is 12.4 Å². The molecule has 0 aromatic carbocycles. The summed E-state index contributed by atoms with van der Waals surface area (Å²) in [6.07, 6.45) is 2.91. The molecule has 1 aliphatic rings. The van der Waals surface area contributed by atoms with Crippen molar-refractivity contribution in [3.8, 4) is 0 Å². The minimum Gasteiger partial charge on any atom is -0.376 e. The van der Waals surface area contributed by atoms with Crippen molar-refractivity contribution in [1.29, 1.82) is 0 Å². The zero-order valence-electron chi connectivity index (χ0n) is 12.0. The van der Waals surface area contributed by atoms with E-state index in [2.05, 4.69) is 9.98 Å². The number of aliphatic imine (C=N–C) groups is 1. The van der Waals surface area contributed by atoms with Gasteiger partial charge in [-0.2, -0.15) is 9.30 Å². The first-order valence-corrected chi connectivity index (χ1v) is 8.15. The number of ether oxygens (including phenoxy) is 1. The van der Waals surface area contributed by atoms with Crippen LogP contribution in [0.2, 0.25) is 0 Å². The van der Waals surface area contributed by atoms with Gasteiger partial charge in [-0.05, 0) is 13.3 Å². The van der Waals surface area contributed by atoms with Crippen molar-refractivity contribution >= 4 is 16.1 Å². The van der Waals surface area contributed by atoms with E-state index < -0.39 is 16.2 Å². The molecule has 0 amide bonds. The van der Waals surface area contributed by atoms with Crippen molar-refractivity contribution in [1.82, 2.24) is 13.9 Å². The van der Waals surface area contributed by atoms with E-state index in [1.165, 1.54) is 12.3 Å². The summed E-state index contributed by atoms with van der Waals surface area (Å²) in [5.41, 5.74) is 0. The molecule has 1 aromatic heterocycles. The Hall–Kier alpha value is -1.54. The van der Waals surface area contributed by atoms with Gasteiger partial charge in [-0.1, -0.05) is 6.92 Å². The highest BCUT2D eigenvalue weighted by Gasteiger charge is 2.35. The van der Waals surface area contributed by atoms with Crippen LogP contribution in [-0.4, -0.2) is 54.3 Å². The van der Waals surface area contributed by atoms with E-state index in [0.717, 1.165) is 10.7 Å². The fourth-order valence-electron chi connectivity index (χ4n) is 2.21. The van der Waals surface area contributed by atoms with Crippen LogP contribution in [0.15, 0.2) is 16.2 Å². The monoisotopic (exact) mass is 314 g/mol. The van der Waals surface area contributed by atoms with Gasteiger partial charge in [0.25, 0.3) is 10.0 Å². The minimum atomic E-state index is -3.80. The highest BCUT2D eigenvalue weighted by molar-refractivity contribution is 7.89. The molecule has 0 N–H and O–H groups in total. The van der Waals surface area contributed by atoms with Gasteiger partial charge in [0, 0.05) is 19.3 Å². The molecule has 0 aliphatic carbocycles. The lowest BCUT2D eigenvalue weighted by atomic mass is 10.4. The van der Waals surface area contributed by atoms with E-state index in [9.17, 15) is 13.2 Å². The Bertz CT molecular complexity index is 648. The van der Waals surface area contributed by atoms with Gasteiger partial charge >= 0.3 is 0 Å². The van der Waals surface area contributed by atoms with Crippen molar-refractivity contribution in [2.75, 3.05) is 19.8 Å². The third-order valence-electron chi connectivity index (χ3n) is 3.25. The molecule has 1 fully saturated rings. The van der Waals surface area contributed by atoms with Gasteiger partial charge in [0.2, 0.25) is 6.08 Å². The van der Waals surface area contributed by atoms with Crippen molar-refractivity contribution in [3.63, 3.8) is 0 Å². The van der Waals surface area contributed by atoms with Crippen LogP contribution in [0.4, 0.5) is 0 Å². The molecule has 2 rings (SSSR count). The summed E-state index contributed by atoms with van der Waals surface area (Å²) >= 11 is 0. The highest BCUT2D eigenvalue weighted by atomic mass is 32.2. The highest BCUT2D eigenvalue weighted by Crippen LogP contribution is 2.20. The fourth-order valence-corrected chi connectivity index (χ4v) is 3.70. The molecular formula is C12H18N4O4S. The molecule has 21 heavy (non-hydrogen) atoms. The normalized spacial score (nSPS) is 20.2. The molecule has 9 heteroatoms. The second-order valence-electron chi connectivity index (χ2n) is 4.71. The van der Waals surface area contributed by atoms with Crippen LogP contribution < -0.4 is 0 Å². The first-order valence-electron chi connectivity index (χ1n) is 6.71. The number of carbonyl (C=O) groups excluding carboxylic acids is 1. The summed E-state index contributed by atoms with van der Waals surface area (Å²) in [4.78, 5) is 18.1. The van der Waals surface area contributed by atoms with Gasteiger partial charge in [0.1, 0.15) is 5.82 Å². The summed E-state index contributed by atoms with van der Waals surface area (Å²) in [6.45, 7) is 4.91. The van der Waals surface area contributed by atoms with Crippen LogP contribution in [0.25, 0.3) is 0 Å². The Morgan fingerprint density at radius 3 is 3.00 bits per heavy atom. The lowest BCUT2D eigenvalue weighted by molar-refractivity contribution is 0.0358. The van der Waals surface area contributed by atoms with Crippen molar-refractivity contribution in [3.05, 3.63) is 12.0 Å². The number of sulfonamides is 1. The second kappa shape index (κ2) is 6.48. The smallest absolute Gasteiger partial charge is 0.264 e. The lowest BCUT2D eigenvalue weighted by Gasteiger charge is -2.30. The summed E-state index contributed by atoms with van der Waals surface area (Å²) in [6, 6.07) is 0. The Balaban J connectivity index is 2.35. The van der Waals surface area contributed by atoms with Gasteiger partial charge < -0.3 is 9.30 Å². The van der Waals surface area contributed by atoms with Crippen molar-refractivity contribution in [2.24, 2.45) is 4.99 Å². The van der Waals surface area contributed by atoms with Crippen LogP contribution in [-0.2, 0) is 26.1 Å². The summed E-state index contributed by atoms with van der Waals surface area (Å²) in [7, 11) is -3.80. The van der Waals surface area contributed by atoms with Crippen LogP contribution >= 0.6 is 0 Å². The number of aromatic nitrogens is 2. The van der Waals surface area contributed by atoms with Crippen molar-refractivity contribution in [2.45, 2.75) is 38.0 Å². The molecule has 1 aliphatic heterocycles. The van der Waals surface area contributed by atoms with E-state index in [-0.39, 0.29) is 24.8 Å². The molecule has 1 saturated heterocycles. The zero-order valence-corrected chi connectivity index (χ0v) is 12.8. The maximum absolute atomic E-state index is 12.6. The SMILES string of the molecule is CCCn1cc(S(=O)(=O)N2CCOCC2N=C=O)nc1C. The number of hydrogen-bond acceptors (Lipinski definition) is 6. The zero-order chi connectivity index (χ0) is 15.5. The maximum atomic E-state index is 12.6. The van der Waals surface area contributed by atoms with Crippen LogP contribution in [0.5, 0.6) is 0 Å². The number of aryl methyl sites for hydroxylation is 2. The Kier molecular flexibility index (Phi) is 4.89. The lowest BCUT2D eigenvalue weighted by Crippen LogP contribution is -2.47. The number of nitrogens with zero attached hydrogens (tertiary/aromatic N) is 4. The fraction of sp³-hybridized carbons (Fsp3) is 0.667. The molecule has 1 aromatic rings. The summed E-state index contributed by atoms with van der Waals surface area (Å²) in [5.74, 6) is 0.638. The molecule has 1 unspecified atom stereocenters. The molecule has 1 atom stereocenters. The molecule has 2 heterocycles. The van der Waals surface area contributed by atoms with Gasteiger partial charge in [-0.15, -0.1) is 0 Å². The van der Waals surface area contributed by atoms with E-state index >= 15 is 0 Å². The molecule has 0 spiro atoms. The average molecular weight is 314 g/mol. The molecule has 8 nitrogen and oxygen atoms in total. The number of morpholine rings is 1. The minimum absolute atomic E-state index is 0.0264. The quantitative estimate of drug-likeness (QED) is 0.575. The predicted octanol–water partition coefficient (Wildman–Crippen LogP) is 0.284. The topological polar surface area (TPSA) is 93.9 Å². The van der Waals surface area contributed by atoms with E-state index in [1.54, 1.807) is 11.5 Å². The van der Waals surface area contributed by atoms with Crippen LogP contribution in [0.1, 0.15) is 19.2 Å². The van der Waals surface area contributed by atoms with Crippen LogP contribution in [0, 0.1) is 6.92 Å². The van der Waals surface area contributed by atoms with E-state index in [4.69, 9.17) is 4.74 Å². The molecule has 0 radical (unpaired) electrons. The van der Waals surface area contributed by atoms with Gasteiger partial charge in [0.15, 0.2) is 11.2 Å². The molecular weight excluding hydrogens is 296 g/mol. The van der Waals surface area contributed by atoms with Crippen molar-refractivity contribution < 1.29 is 17.9 Å². The predicted molar refractivity (Wildman–Crippen MR) is 73.9 cm³/mol. The summed E-state index contributed by atoms with van der Waals surface area (Å²) in [5, 5.41) is -0.0264. The van der Waals surface area contributed by atoms with Gasteiger partial charge in [-0.25, -0.2) is 18.2 Å². The molecule has 0 saturated carbocycles. The third-order valence-corrected chi connectivity index (χ3v) is 5.02. The molecule has 0 bridgehead atoms. The number of isocyanates is 1. The Morgan fingerprint density at radius 1 is 1.57 bits per heavy atom. The van der Waals surface area contributed by atoms with Crippen LogP contribution in [0.3, 0.4) is 0 Å². The average Bonchev–Trinajstić information content (AvgIpc) is 2.82. The number of rotatable bonds is 5. The second-order valence-corrected chi connectivity index (χ2v) is 6.55. The largest absolute Gasteiger partial charge is 0.376 e. The summed E-state index contributed by atoms with van der Waals surface area (Å²) < 4.78 is 33.4. The Labute approximate surface area is 123 Å². The number of imidazole rings is 1. The first-order chi connectivity index (χ1) is 10.0. The molecule has 116 valence electrons. The standard InChI is InChI=1S/C12H18N4O4S/c1-3-4-15-7-12(14-10(15)2)21(18,19)16-5-6-20-8-11(16)13-9-17/h7,11H,3-6,8H2,1-2H3. The van der Waals surface area contributed by atoms with E-state index in [1.807, 2.05) is 6.92 Å². The third kappa shape index (κ3) is 3.21. The number of hydrogen-bond donors (Lipinski definition) is 0. The maximum Gasteiger partial charge on any atom is 0.264 e. The Morgan fingerprint density at radius 2 is 2.33 bits per heavy atom. The van der Waals surface area contributed by atoms with Gasteiger partial charge in [-0.3, -0.25) is 0 Å². The van der Waals surface area contributed by atoms with Gasteiger partial charge in [0.05, 0.1) is 13.2 Å².